The lowest BCUT2D eigenvalue weighted by molar-refractivity contribution is -0.384. The summed E-state index contributed by atoms with van der Waals surface area (Å²) in [7, 11) is 1.35. The van der Waals surface area contributed by atoms with Crippen LogP contribution in [0.4, 0.5) is 5.69 Å². The van der Waals surface area contributed by atoms with Crippen LogP contribution in [-0.4, -0.2) is 24.0 Å². The molecule has 1 atom stereocenters. The van der Waals surface area contributed by atoms with Gasteiger partial charge in [0, 0.05) is 18.7 Å². The topological polar surface area (TPSA) is 81.5 Å². The van der Waals surface area contributed by atoms with E-state index in [1.165, 1.54) is 19.2 Å². The minimum absolute atomic E-state index is 0.0544. The molecule has 0 fully saturated rings. The van der Waals surface area contributed by atoms with E-state index in [0.29, 0.717) is 13.0 Å². The highest BCUT2D eigenvalue weighted by Crippen LogP contribution is 2.12. The van der Waals surface area contributed by atoms with Gasteiger partial charge in [-0.1, -0.05) is 19.1 Å². The smallest absolute Gasteiger partial charge is 0.322 e. The molecule has 0 aromatic heterocycles. The molecule has 1 N–H and O–H groups in total. The lowest BCUT2D eigenvalue weighted by atomic mass is 10.1. The number of non-ortho nitro benzene ring substituents is 1. The summed E-state index contributed by atoms with van der Waals surface area (Å²) in [6.45, 7) is 2.34. The number of methoxy groups -OCH3 is 1. The monoisotopic (exact) mass is 252 g/mol. The van der Waals surface area contributed by atoms with Crippen molar-refractivity contribution in [2.24, 2.45) is 0 Å². The first-order valence-corrected chi connectivity index (χ1v) is 5.63. The maximum atomic E-state index is 11.3. The van der Waals surface area contributed by atoms with Crippen molar-refractivity contribution in [3.05, 3.63) is 39.9 Å². The minimum atomic E-state index is -0.444. The second-order valence-electron chi connectivity index (χ2n) is 3.79. The number of carbonyl (C=O) groups is 1. The molecule has 6 heteroatoms. The largest absolute Gasteiger partial charge is 0.468 e. The molecule has 6 nitrogen and oxygen atoms in total. The van der Waals surface area contributed by atoms with Crippen LogP contribution >= 0.6 is 0 Å². The van der Waals surface area contributed by atoms with E-state index in [2.05, 4.69) is 10.1 Å². The predicted octanol–water partition coefficient (Wildman–Crippen LogP) is 1.64. The number of esters is 1. The summed E-state index contributed by atoms with van der Waals surface area (Å²) >= 11 is 0. The molecule has 0 aliphatic rings. The predicted molar refractivity (Wildman–Crippen MR) is 66.0 cm³/mol. The number of nitrogens with zero attached hydrogens (tertiary/aromatic N) is 1. The van der Waals surface area contributed by atoms with E-state index >= 15 is 0 Å². The van der Waals surface area contributed by atoms with Crippen LogP contribution < -0.4 is 5.32 Å². The van der Waals surface area contributed by atoms with Crippen LogP contribution in [0.3, 0.4) is 0 Å². The Labute approximate surface area is 105 Å². The van der Waals surface area contributed by atoms with E-state index in [4.69, 9.17) is 0 Å². The van der Waals surface area contributed by atoms with Crippen molar-refractivity contribution >= 4 is 11.7 Å². The molecule has 1 aromatic rings. The van der Waals surface area contributed by atoms with E-state index < -0.39 is 4.92 Å². The van der Waals surface area contributed by atoms with Crippen LogP contribution in [0.5, 0.6) is 0 Å². The van der Waals surface area contributed by atoms with Crippen molar-refractivity contribution in [2.45, 2.75) is 25.9 Å². The van der Waals surface area contributed by atoms with Gasteiger partial charge in [-0.3, -0.25) is 14.9 Å². The molecule has 0 saturated heterocycles. The molecular formula is C12H16N2O4. The molecule has 0 radical (unpaired) electrons. The number of hydrogen-bond donors (Lipinski definition) is 1. The molecule has 0 aliphatic heterocycles. The van der Waals surface area contributed by atoms with Crippen molar-refractivity contribution in [2.75, 3.05) is 7.11 Å². The van der Waals surface area contributed by atoms with Crippen molar-refractivity contribution in [1.29, 1.82) is 0 Å². The third-order valence-corrected chi connectivity index (χ3v) is 2.59. The fourth-order valence-corrected chi connectivity index (χ4v) is 1.51. The number of nitrogens with one attached hydrogen (secondary N) is 1. The number of ether oxygens (including phenoxy) is 1. The molecule has 0 amide bonds. The van der Waals surface area contributed by atoms with Gasteiger partial charge < -0.3 is 10.1 Å². The van der Waals surface area contributed by atoms with E-state index in [1.54, 1.807) is 12.1 Å². The highest BCUT2D eigenvalue weighted by molar-refractivity contribution is 5.75. The van der Waals surface area contributed by atoms with Crippen LogP contribution in [-0.2, 0) is 16.1 Å². The quantitative estimate of drug-likeness (QED) is 0.473. The first-order chi connectivity index (χ1) is 8.58. The summed E-state index contributed by atoms with van der Waals surface area (Å²) in [4.78, 5) is 21.4. The Kier molecular flexibility index (Phi) is 5.26. The van der Waals surface area contributed by atoms with Crippen LogP contribution in [0.25, 0.3) is 0 Å². The number of benzene rings is 1. The molecule has 0 heterocycles. The lowest BCUT2D eigenvalue weighted by Crippen LogP contribution is -2.36. The van der Waals surface area contributed by atoms with Gasteiger partial charge in [0.1, 0.15) is 6.04 Å². The van der Waals surface area contributed by atoms with Gasteiger partial charge in [-0.2, -0.15) is 0 Å². The van der Waals surface area contributed by atoms with E-state index in [1.807, 2.05) is 6.92 Å². The zero-order valence-corrected chi connectivity index (χ0v) is 10.4. The van der Waals surface area contributed by atoms with Crippen molar-refractivity contribution in [1.82, 2.24) is 5.32 Å². The SMILES string of the molecule is CCC(NCc1ccc([N+](=O)[O-])cc1)C(=O)OC. The van der Waals surface area contributed by atoms with Gasteiger partial charge in [-0.25, -0.2) is 0 Å². The van der Waals surface area contributed by atoms with Crippen molar-refractivity contribution in [3.8, 4) is 0 Å². The zero-order valence-electron chi connectivity index (χ0n) is 10.4. The Balaban J connectivity index is 2.57. The van der Waals surface area contributed by atoms with Crippen molar-refractivity contribution < 1.29 is 14.5 Å². The van der Waals surface area contributed by atoms with Crippen LogP contribution in [0.1, 0.15) is 18.9 Å². The van der Waals surface area contributed by atoms with Crippen LogP contribution in [0.15, 0.2) is 24.3 Å². The summed E-state index contributed by atoms with van der Waals surface area (Å²) < 4.78 is 4.65. The number of nitro benzene ring substituents is 1. The zero-order chi connectivity index (χ0) is 13.5. The molecule has 0 spiro atoms. The minimum Gasteiger partial charge on any atom is -0.468 e. The van der Waals surface area contributed by atoms with Gasteiger partial charge in [0.05, 0.1) is 12.0 Å². The van der Waals surface area contributed by atoms with Gasteiger partial charge >= 0.3 is 5.97 Å². The molecule has 0 aliphatic carbocycles. The van der Waals surface area contributed by atoms with Gasteiger partial charge in [0.25, 0.3) is 5.69 Å². The Hall–Kier alpha value is -1.95. The van der Waals surface area contributed by atoms with E-state index in [9.17, 15) is 14.9 Å². The second-order valence-corrected chi connectivity index (χ2v) is 3.79. The molecular weight excluding hydrogens is 236 g/mol. The number of carbonyl (C=O) groups excluding carboxylic acids is 1. The molecule has 98 valence electrons. The second kappa shape index (κ2) is 6.70. The number of hydrogen-bond acceptors (Lipinski definition) is 5. The summed E-state index contributed by atoms with van der Waals surface area (Å²) in [6, 6.07) is 5.85. The standard InChI is InChI=1S/C12H16N2O4/c1-3-11(12(15)18-2)13-8-9-4-6-10(7-5-9)14(16)17/h4-7,11,13H,3,8H2,1-2H3. The first-order valence-electron chi connectivity index (χ1n) is 5.63. The van der Waals surface area contributed by atoms with Crippen molar-refractivity contribution in [3.63, 3.8) is 0 Å². The lowest BCUT2D eigenvalue weighted by Gasteiger charge is -2.14. The van der Waals surface area contributed by atoms with Gasteiger partial charge in [0.2, 0.25) is 0 Å². The fourth-order valence-electron chi connectivity index (χ4n) is 1.51. The van der Waals surface area contributed by atoms with Gasteiger partial charge in [0.15, 0.2) is 0 Å². The summed E-state index contributed by atoms with van der Waals surface area (Å²) in [5.74, 6) is -0.306. The summed E-state index contributed by atoms with van der Waals surface area (Å²) in [6.07, 6.45) is 0.625. The Morgan fingerprint density at radius 1 is 1.44 bits per heavy atom. The van der Waals surface area contributed by atoms with Gasteiger partial charge in [-0.05, 0) is 12.0 Å². The maximum absolute atomic E-state index is 11.3. The molecule has 1 rings (SSSR count). The third-order valence-electron chi connectivity index (χ3n) is 2.59. The number of nitro groups is 1. The van der Waals surface area contributed by atoms with E-state index in [0.717, 1.165) is 5.56 Å². The average Bonchev–Trinajstić information content (AvgIpc) is 2.39. The Morgan fingerprint density at radius 2 is 2.06 bits per heavy atom. The normalized spacial score (nSPS) is 11.9. The van der Waals surface area contributed by atoms with Gasteiger partial charge in [-0.15, -0.1) is 0 Å². The first kappa shape index (κ1) is 14.1. The fraction of sp³-hybridized carbons (Fsp3) is 0.417. The van der Waals surface area contributed by atoms with E-state index in [-0.39, 0.29) is 17.7 Å². The molecule has 1 unspecified atom stereocenters. The molecule has 0 saturated carbocycles. The summed E-state index contributed by atoms with van der Waals surface area (Å²) in [5, 5.41) is 13.5. The molecule has 18 heavy (non-hydrogen) atoms. The maximum Gasteiger partial charge on any atom is 0.322 e. The highest BCUT2D eigenvalue weighted by Gasteiger charge is 2.15. The van der Waals surface area contributed by atoms with Crippen LogP contribution in [0, 0.1) is 10.1 Å². The summed E-state index contributed by atoms with van der Waals surface area (Å²) in [5.41, 5.74) is 0.932. The Bertz CT molecular complexity index is 417. The average molecular weight is 252 g/mol. The number of rotatable bonds is 6. The van der Waals surface area contributed by atoms with Crippen LogP contribution in [0.2, 0.25) is 0 Å². The highest BCUT2D eigenvalue weighted by atomic mass is 16.6. The Morgan fingerprint density at radius 3 is 2.50 bits per heavy atom. The molecule has 0 bridgehead atoms. The molecule has 1 aromatic carbocycles. The third kappa shape index (κ3) is 3.81.